The molecule has 4 rings (SSSR count). The average Bonchev–Trinajstić information content (AvgIpc) is 2.88. The fraction of sp³-hybridized carbons (Fsp3) is 0.444. The SMILES string of the molecule is COc1cc(CC(=O)NC[C@H]2CC[C@@H](Nc3nc(N(C)C)c4ccccc4n3)CC2)cc(OC)c1O. The Morgan fingerprint density at radius 1 is 1.06 bits per heavy atom. The number of methoxy groups -OCH3 is 2. The normalized spacial score (nSPS) is 17.4. The van der Waals surface area contributed by atoms with E-state index in [4.69, 9.17) is 19.4 Å². The molecule has 1 aliphatic rings. The lowest BCUT2D eigenvalue weighted by Gasteiger charge is -2.29. The van der Waals surface area contributed by atoms with E-state index in [1.807, 2.05) is 43.3 Å². The highest BCUT2D eigenvalue weighted by molar-refractivity contribution is 5.90. The summed E-state index contributed by atoms with van der Waals surface area (Å²) in [7, 11) is 6.92. The second kappa shape index (κ2) is 11.3. The molecule has 192 valence electrons. The van der Waals surface area contributed by atoms with Crippen molar-refractivity contribution in [2.75, 3.05) is 45.1 Å². The van der Waals surface area contributed by atoms with E-state index >= 15 is 0 Å². The summed E-state index contributed by atoms with van der Waals surface area (Å²) in [6.07, 6.45) is 4.23. The Morgan fingerprint density at radius 3 is 2.36 bits per heavy atom. The molecule has 0 bridgehead atoms. The molecule has 0 unspecified atom stereocenters. The summed E-state index contributed by atoms with van der Waals surface area (Å²) in [6.45, 7) is 0.648. The van der Waals surface area contributed by atoms with Crippen molar-refractivity contribution in [3.63, 3.8) is 0 Å². The molecule has 1 heterocycles. The molecule has 9 nitrogen and oxygen atoms in total. The van der Waals surface area contributed by atoms with Gasteiger partial charge in [0.05, 0.1) is 26.2 Å². The van der Waals surface area contributed by atoms with Gasteiger partial charge in [0.25, 0.3) is 0 Å². The van der Waals surface area contributed by atoms with Crippen LogP contribution in [0.1, 0.15) is 31.2 Å². The third kappa shape index (κ3) is 5.90. The van der Waals surface area contributed by atoms with Gasteiger partial charge in [-0.05, 0) is 61.4 Å². The largest absolute Gasteiger partial charge is 0.502 e. The number of nitrogens with one attached hydrogen (secondary N) is 2. The van der Waals surface area contributed by atoms with E-state index in [-0.39, 0.29) is 29.6 Å². The Hall–Kier alpha value is -3.75. The highest BCUT2D eigenvalue weighted by Gasteiger charge is 2.23. The van der Waals surface area contributed by atoms with Crippen LogP contribution < -0.4 is 25.0 Å². The van der Waals surface area contributed by atoms with Gasteiger partial charge in [0, 0.05) is 32.1 Å². The molecule has 0 spiro atoms. The molecular formula is C27H35N5O4. The van der Waals surface area contributed by atoms with Crippen LogP contribution in [0.5, 0.6) is 17.2 Å². The Kier molecular flexibility index (Phi) is 7.97. The Balaban J connectivity index is 1.28. The van der Waals surface area contributed by atoms with E-state index in [0.717, 1.165) is 48.0 Å². The summed E-state index contributed by atoms with van der Waals surface area (Å²) in [6, 6.07) is 11.7. The number of aromatic hydroxyl groups is 1. The lowest BCUT2D eigenvalue weighted by Crippen LogP contribution is -2.34. The average molecular weight is 494 g/mol. The molecule has 1 fully saturated rings. The van der Waals surface area contributed by atoms with Crippen LogP contribution in [0.15, 0.2) is 36.4 Å². The number of phenolic OH excluding ortho intramolecular Hbond substituents is 1. The van der Waals surface area contributed by atoms with Crippen LogP contribution in [0.25, 0.3) is 10.9 Å². The van der Waals surface area contributed by atoms with E-state index in [9.17, 15) is 9.90 Å². The second-order valence-corrected chi connectivity index (χ2v) is 9.47. The van der Waals surface area contributed by atoms with E-state index in [1.165, 1.54) is 14.2 Å². The Labute approximate surface area is 211 Å². The fourth-order valence-corrected chi connectivity index (χ4v) is 4.71. The molecule has 1 aliphatic carbocycles. The van der Waals surface area contributed by atoms with Gasteiger partial charge in [0.1, 0.15) is 5.82 Å². The Bertz CT molecular complexity index is 1180. The van der Waals surface area contributed by atoms with Crippen molar-refractivity contribution in [3.8, 4) is 17.2 Å². The zero-order valence-electron chi connectivity index (χ0n) is 21.4. The van der Waals surface area contributed by atoms with Crippen molar-refractivity contribution in [2.45, 2.75) is 38.1 Å². The number of hydrogen-bond donors (Lipinski definition) is 3. The van der Waals surface area contributed by atoms with Gasteiger partial charge in [-0.25, -0.2) is 4.98 Å². The topological polar surface area (TPSA) is 109 Å². The van der Waals surface area contributed by atoms with Gasteiger partial charge in [0.2, 0.25) is 17.6 Å². The van der Waals surface area contributed by atoms with Crippen molar-refractivity contribution in [2.24, 2.45) is 5.92 Å². The van der Waals surface area contributed by atoms with E-state index in [2.05, 4.69) is 10.6 Å². The summed E-state index contributed by atoms with van der Waals surface area (Å²) < 4.78 is 10.4. The second-order valence-electron chi connectivity index (χ2n) is 9.47. The molecule has 1 amide bonds. The number of carbonyl (C=O) groups is 1. The smallest absolute Gasteiger partial charge is 0.225 e. The minimum absolute atomic E-state index is 0.0641. The van der Waals surface area contributed by atoms with Crippen molar-refractivity contribution in [1.82, 2.24) is 15.3 Å². The predicted molar refractivity (Wildman–Crippen MR) is 141 cm³/mol. The molecule has 0 aliphatic heterocycles. The maximum absolute atomic E-state index is 12.6. The van der Waals surface area contributed by atoms with E-state index in [0.29, 0.717) is 24.5 Å². The molecule has 1 saturated carbocycles. The third-order valence-corrected chi connectivity index (χ3v) is 6.68. The number of nitrogens with zero attached hydrogens (tertiary/aromatic N) is 3. The first-order chi connectivity index (χ1) is 17.4. The van der Waals surface area contributed by atoms with Gasteiger partial charge in [-0.2, -0.15) is 4.98 Å². The molecule has 1 aromatic heterocycles. The van der Waals surface area contributed by atoms with Gasteiger partial charge in [-0.3, -0.25) is 4.79 Å². The van der Waals surface area contributed by atoms with E-state index < -0.39 is 0 Å². The zero-order valence-corrected chi connectivity index (χ0v) is 21.4. The van der Waals surface area contributed by atoms with Crippen LogP contribution in [-0.2, 0) is 11.2 Å². The van der Waals surface area contributed by atoms with Gasteiger partial charge >= 0.3 is 0 Å². The summed E-state index contributed by atoms with van der Waals surface area (Å²) in [5, 5.41) is 17.7. The lowest BCUT2D eigenvalue weighted by atomic mass is 9.86. The molecule has 36 heavy (non-hydrogen) atoms. The highest BCUT2D eigenvalue weighted by atomic mass is 16.5. The molecule has 0 saturated heterocycles. The molecular weight excluding hydrogens is 458 g/mol. The Morgan fingerprint density at radius 2 is 1.72 bits per heavy atom. The van der Waals surface area contributed by atoms with Crippen LogP contribution in [0.4, 0.5) is 11.8 Å². The number of benzene rings is 2. The minimum Gasteiger partial charge on any atom is -0.502 e. The van der Waals surface area contributed by atoms with Crippen LogP contribution in [0.2, 0.25) is 0 Å². The monoisotopic (exact) mass is 493 g/mol. The van der Waals surface area contributed by atoms with Crippen LogP contribution in [0.3, 0.4) is 0 Å². The number of amides is 1. The number of rotatable bonds is 9. The van der Waals surface area contributed by atoms with Gasteiger partial charge in [0.15, 0.2) is 11.5 Å². The predicted octanol–water partition coefficient (Wildman–Crippen LogP) is 3.75. The van der Waals surface area contributed by atoms with Crippen molar-refractivity contribution in [3.05, 3.63) is 42.0 Å². The first kappa shape index (κ1) is 25.3. The number of anilines is 2. The molecule has 3 N–H and O–H groups in total. The fourth-order valence-electron chi connectivity index (χ4n) is 4.71. The van der Waals surface area contributed by atoms with Crippen LogP contribution >= 0.6 is 0 Å². The number of phenols is 1. The number of ether oxygens (including phenoxy) is 2. The van der Waals surface area contributed by atoms with Gasteiger partial charge < -0.3 is 30.1 Å². The van der Waals surface area contributed by atoms with Gasteiger partial charge in [-0.1, -0.05) is 12.1 Å². The van der Waals surface area contributed by atoms with E-state index in [1.54, 1.807) is 12.1 Å². The maximum atomic E-state index is 12.6. The molecule has 3 aromatic rings. The zero-order chi connectivity index (χ0) is 25.7. The third-order valence-electron chi connectivity index (χ3n) is 6.68. The quantitative estimate of drug-likeness (QED) is 0.414. The summed E-state index contributed by atoms with van der Waals surface area (Å²) >= 11 is 0. The standard InChI is InChI=1S/C27H35N5O4/c1-32(2)26-20-7-5-6-8-21(20)30-27(31-26)29-19-11-9-17(10-12-19)16-28-24(33)15-18-13-22(35-3)25(34)23(14-18)36-4/h5-8,13-14,17,19,34H,9-12,15-16H2,1-4H3,(H,28,33)(H,29,30,31)/t17-,19+. The summed E-state index contributed by atoms with van der Waals surface area (Å²) in [4.78, 5) is 24.0. The number of fused-ring (bicyclic) bond motifs is 1. The maximum Gasteiger partial charge on any atom is 0.225 e. The molecule has 9 heteroatoms. The van der Waals surface area contributed by atoms with Crippen LogP contribution in [0, 0.1) is 5.92 Å². The molecule has 0 radical (unpaired) electrons. The van der Waals surface area contributed by atoms with Crippen molar-refractivity contribution >= 4 is 28.6 Å². The minimum atomic E-state index is -0.0680. The first-order valence-corrected chi connectivity index (χ1v) is 12.3. The lowest BCUT2D eigenvalue weighted by molar-refractivity contribution is -0.120. The highest BCUT2D eigenvalue weighted by Crippen LogP contribution is 2.37. The number of hydrogen-bond acceptors (Lipinski definition) is 8. The van der Waals surface area contributed by atoms with Gasteiger partial charge in [-0.15, -0.1) is 0 Å². The number of aromatic nitrogens is 2. The summed E-state index contributed by atoms with van der Waals surface area (Å²) in [5.41, 5.74) is 1.65. The number of carbonyl (C=O) groups excluding carboxylic acids is 1. The van der Waals surface area contributed by atoms with Crippen molar-refractivity contribution in [1.29, 1.82) is 0 Å². The number of para-hydroxylation sites is 1. The van der Waals surface area contributed by atoms with Crippen molar-refractivity contribution < 1.29 is 19.4 Å². The first-order valence-electron chi connectivity index (χ1n) is 12.3. The molecule has 2 aromatic carbocycles. The molecule has 0 atom stereocenters. The summed E-state index contributed by atoms with van der Waals surface area (Å²) in [5.74, 6) is 2.45. The van der Waals surface area contributed by atoms with Crippen LogP contribution in [-0.4, -0.2) is 61.9 Å².